The molecule has 0 spiro atoms. The first-order valence-electron chi connectivity index (χ1n) is 7.84. The van der Waals surface area contributed by atoms with Gasteiger partial charge in [0.1, 0.15) is 6.04 Å². The SMILES string of the molecule is CC(C)c1cccc(NC(=O)CN2CCCCC2C(=O)O)c1.Cl. The van der Waals surface area contributed by atoms with Crippen molar-refractivity contribution in [3.05, 3.63) is 29.8 Å². The predicted molar refractivity (Wildman–Crippen MR) is 93.3 cm³/mol. The maximum absolute atomic E-state index is 12.2. The van der Waals surface area contributed by atoms with Crippen LogP contribution in [0.1, 0.15) is 44.6 Å². The number of likely N-dealkylation sites (tertiary alicyclic amines) is 1. The van der Waals surface area contributed by atoms with Gasteiger partial charge in [-0.05, 0) is 43.0 Å². The summed E-state index contributed by atoms with van der Waals surface area (Å²) in [6.45, 7) is 5.00. The molecule has 5 nitrogen and oxygen atoms in total. The van der Waals surface area contributed by atoms with Crippen molar-refractivity contribution < 1.29 is 14.7 Å². The van der Waals surface area contributed by atoms with Gasteiger partial charge in [-0.25, -0.2) is 0 Å². The molecule has 1 aromatic rings. The molecule has 1 fully saturated rings. The monoisotopic (exact) mass is 340 g/mol. The van der Waals surface area contributed by atoms with Crippen LogP contribution < -0.4 is 5.32 Å². The number of anilines is 1. The molecule has 1 aliphatic rings. The fourth-order valence-corrected chi connectivity index (χ4v) is 2.82. The fraction of sp³-hybridized carbons (Fsp3) is 0.529. The van der Waals surface area contributed by atoms with Crippen molar-refractivity contribution in [2.24, 2.45) is 0 Å². The third-order valence-corrected chi connectivity index (χ3v) is 4.08. The zero-order valence-electron chi connectivity index (χ0n) is 13.6. The molecule has 1 aliphatic heterocycles. The van der Waals surface area contributed by atoms with E-state index in [-0.39, 0.29) is 24.9 Å². The number of hydrogen-bond acceptors (Lipinski definition) is 3. The Bertz CT molecular complexity index is 548. The number of carbonyl (C=O) groups excluding carboxylic acids is 1. The molecule has 128 valence electrons. The lowest BCUT2D eigenvalue weighted by molar-refractivity contribution is -0.145. The van der Waals surface area contributed by atoms with Gasteiger partial charge in [0.05, 0.1) is 6.54 Å². The third-order valence-electron chi connectivity index (χ3n) is 4.08. The molecule has 2 rings (SSSR count). The molecular weight excluding hydrogens is 316 g/mol. The van der Waals surface area contributed by atoms with Crippen LogP contribution in [0.4, 0.5) is 5.69 Å². The number of carboxylic acid groups (broad SMARTS) is 1. The van der Waals surface area contributed by atoms with E-state index in [4.69, 9.17) is 0 Å². The number of benzene rings is 1. The van der Waals surface area contributed by atoms with E-state index in [9.17, 15) is 14.7 Å². The van der Waals surface area contributed by atoms with Crippen LogP contribution in [0.5, 0.6) is 0 Å². The largest absolute Gasteiger partial charge is 0.480 e. The smallest absolute Gasteiger partial charge is 0.320 e. The predicted octanol–water partition coefficient (Wildman–Crippen LogP) is 3.11. The summed E-state index contributed by atoms with van der Waals surface area (Å²) in [6.07, 6.45) is 2.47. The van der Waals surface area contributed by atoms with Crippen LogP contribution >= 0.6 is 12.4 Å². The van der Waals surface area contributed by atoms with E-state index >= 15 is 0 Å². The average Bonchev–Trinajstić information content (AvgIpc) is 2.47. The summed E-state index contributed by atoms with van der Waals surface area (Å²) in [4.78, 5) is 25.2. The fourth-order valence-electron chi connectivity index (χ4n) is 2.82. The number of carbonyl (C=O) groups is 2. The van der Waals surface area contributed by atoms with Gasteiger partial charge in [0, 0.05) is 5.69 Å². The number of hydrogen-bond donors (Lipinski definition) is 2. The van der Waals surface area contributed by atoms with E-state index in [1.165, 1.54) is 5.56 Å². The Morgan fingerprint density at radius 1 is 1.35 bits per heavy atom. The Kier molecular flexibility index (Phi) is 7.52. The highest BCUT2D eigenvalue weighted by molar-refractivity contribution is 5.92. The molecule has 1 amide bonds. The Morgan fingerprint density at radius 2 is 2.09 bits per heavy atom. The third kappa shape index (κ3) is 5.52. The minimum absolute atomic E-state index is 0. The topological polar surface area (TPSA) is 69.6 Å². The second-order valence-electron chi connectivity index (χ2n) is 6.15. The number of nitrogens with one attached hydrogen (secondary N) is 1. The average molecular weight is 341 g/mol. The van der Waals surface area contributed by atoms with E-state index in [1.807, 2.05) is 24.3 Å². The standard InChI is InChI=1S/C17H24N2O3.ClH/c1-12(2)13-6-5-7-14(10-13)18-16(20)11-19-9-4-3-8-15(19)17(21)22;/h5-7,10,12,15H,3-4,8-9,11H2,1-2H3,(H,18,20)(H,21,22);1H. The Labute approximate surface area is 143 Å². The van der Waals surface area contributed by atoms with Crippen LogP contribution in [0.25, 0.3) is 0 Å². The quantitative estimate of drug-likeness (QED) is 0.864. The zero-order valence-corrected chi connectivity index (χ0v) is 14.4. The number of amides is 1. The lowest BCUT2D eigenvalue weighted by Gasteiger charge is -2.32. The highest BCUT2D eigenvalue weighted by Gasteiger charge is 2.29. The lowest BCUT2D eigenvalue weighted by Crippen LogP contribution is -2.47. The second-order valence-corrected chi connectivity index (χ2v) is 6.15. The Hall–Kier alpha value is -1.59. The number of nitrogens with zero attached hydrogens (tertiary/aromatic N) is 1. The van der Waals surface area contributed by atoms with E-state index < -0.39 is 12.0 Å². The summed E-state index contributed by atoms with van der Waals surface area (Å²) < 4.78 is 0. The van der Waals surface area contributed by atoms with Crippen LogP contribution in [-0.2, 0) is 9.59 Å². The van der Waals surface area contributed by atoms with E-state index in [0.29, 0.717) is 18.9 Å². The van der Waals surface area contributed by atoms with Crippen molar-refractivity contribution >= 4 is 30.0 Å². The molecule has 0 aromatic heterocycles. The maximum atomic E-state index is 12.2. The molecule has 1 heterocycles. The molecule has 1 saturated heterocycles. The summed E-state index contributed by atoms with van der Waals surface area (Å²) in [5.74, 6) is -0.598. The highest BCUT2D eigenvalue weighted by Crippen LogP contribution is 2.20. The van der Waals surface area contributed by atoms with Crippen molar-refractivity contribution in [2.75, 3.05) is 18.4 Å². The van der Waals surface area contributed by atoms with Gasteiger partial charge in [-0.3, -0.25) is 14.5 Å². The maximum Gasteiger partial charge on any atom is 0.320 e. The van der Waals surface area contributed by atoms with Gasteiger partial charge < -0.3 is 10.4 Å². The van der Waals surface area contributed by atoms with Gasteiger partial charge in [0.2, 0.25) is 5.91 Å². The summed E-state index contributed by atoms with van der Waals surface area (Å²) >= 11 is 0. The molecule has 1 aromatic carbocycles. The first kappa shape index (κ1) is 19.5. The highest BCUT2D eigenvalue weighted by atomic mass is 35.5. The summed E-state index contributed by atoms with van der Waals surface area (Å²) in [5, 5.41) is 12.1. The Balaban J connectivity index is 0.00000264. The molecular formula is C17H25ClN2O3. The first-order chi connectivity index (χ1) is 10.5. The van der Waals surface area contributed by atoms with Gasteiger partial charge in [0.25, 0.3) is 0 Å². The summed E-state index contributed by atoms with van der Waals surface area (Å²) in [6, 6.07) is 7.24. The zero-order chi connectivity index (χ0) is 16.1. The molecule has 6 heteroatoms. The van der Waals surface area contributed by atoms with E-state index in [1.54, 1.807) is 4.90 Å². The second kappa shape index (κ2) is 8.89. The van der Waals surface area contributed by atoms with Crippen LogP contribution in [0.15, 0.2) is 24.3 Å². The molecule has 1 atom stereocenters. The minimum Gasteiger partial charge on any atom is -0.480 e. The van der Waals surface area contributed by atoms with Crippen molar-refractivity contribution in [3.8, 4) is 0 Å². The molecule has 23 heavy (non-hydrogen) atoms. The van der Waals surface area contributed by atoms with Crippen molar-refractivity contribution in [1.82, 2.24) is 4.90 Å². The minimum atomic E-state index is -0.839. The molecule has 1 unspecified atom stereocenters. The van der Waals surface area contributed by atoms with Crippen LogP contribution in [0, 0.1) is 0 Å². The van der Waals surface area contributed by atoms with E-state index in [2.05, 4.69) is 19.2 Å². The van der Waals surface area contributed by atoms with Gasteiger partial charge in [-0.2, -0.15) is 0 Å². The normalized spacial score (nSPS) is 18.3. The molecule has 0 bridgehead atoms. The van der Waals surface area contributed by atoms with Crippen LogP contribution in [-0.4, -0.2) is 41.0 Å². The molecule has 0 saturated carbocycles. The Morgan fingerprint density at radius 3 is 2.74 bits per heavy atom. The van der Waals surface area contributed by atoms with E-state index in [0.717, 1.165) is 18.5 Å². The number of carboxylic acids is 1. The van der Waals surface area contributed by atoms with Crippen LogP contribution in [0.2, 0.25) is 0 Å². The van der Waals surface area contributed by atoms with Gasteiger partial charge in [0.15, 0.2) is 0 Å². The summed E-state index contributed by atoms with van der Waals surface area (Å²) in [7, 11) is 0. The first-order valence-corrected chi connectivity index (χ1v) is 7.84. The van der Waals surface area contributed by atoms with Gasteiger partial charge in [-0.1, -0.05) is 32.4 Å². The lowest BCUT2D eigenvalue weighted by atomic mass is 10.0. The number of rotatable bonds is 5. The van der Waals surface area contributed by atoms with Gasteiger partial charge in [-0.15, -0.1) is 12.4 Å². The molecule has 0 radical (unpaired) electrons. The van der Waals surface area contributed by atoms with Crippen molar-refractivity contribution in [2.45, 2.75) is 45.1 Å². The van der Waals surface area contributed by atoms with Crippen molar-refractivity contribution in [3.63, 3.8) is 0 Å². The number of halogens is 1. The van der Waals surface area contributed by atoms with Crippen LogP contribution in [0.3, 0.4) is 0 Å². The van der Waals surface area contributed by atoms with Crippen molar-refractivity contribution in [1.29, 1.82) is 0 Å². The molecule has 0 aliphatic carbocycles. The number of aliphatic carboxylic acids is 1. The summed E-state index contributed by atoms with van der Waals surface area (Å²) in [5.41, 5.74) is 1.93. The molecule has 2 N–H and O–H groups in total. The van der Waals surface area contributed by atoms with Gasteiger partial charge >= 0.3 is 5.97 Å². The number of piperidine rings is 1.